The Morgan fingerprint density at radius 2 is 1.93 bits per heavy atom. The van der Waals surface area contributed by atoms with Gasteiger partial charge in [0.2, 0.25) is 0 Å². The Kier molecular flexibility index (Phi) is 4.90. The topological polar surface area (TPSA) is 78.5 Å². The van der Waals surface area contributed by atoms with E-state index in [-0.39, 0.29) is 12.2 Å². The Hall–Kier alpha value is -3.45. The van der Waals surface area contributed by atoms with Crippen molar-refractivity contribution in [2.75, 3.05) is 0 Å². The minimum atomic E-state index is -0.530. The summed E-state index contributed by atoms with van der Waals surface area (Å²) in [5.74, 6) is -0.530. The van der Waals surface area contributed by atoms with E-state index in [9.17, 15) is 9.59 Å². The van der Waals surface area contributed by atoms with E-state index in [1.165, 1.54) is 22.9 Å². The summed E-state index contributed by atoms with van der Waals surface area (Å²) >= 11 is 5.89. The number of hydrogen-bond donors (Lipinski definition) is 0. The Morgan fingerprint density at radius 3 is 2.75 bits per heavy atom. The first-order valence-corrected chi connectivity index (χ1v) is 8.88. The van der Waals surface area contributed by atoms with E-state index in [1.807, 2.05) is 30.3 Å². The molecule has 1 aromatic carbocycles. The molecule has 4 aromatic rings. The minimum Gasteiger partial charge on any atom is -0.455 e. The van der Waals surface area contributed by atoms with Gasteiger partial charge >= 0.3 is 5.97 Å². The molecule has 0 radical (unpaired) electrons. The summed E-state index contributed by atoms with van der Waals surface area (Å²) in [6.45, 7) is 0.441. The number of rotatable bonds is 5. The molecular weight excluding hydrogens is 380 g/mol. The zero-order chi connectivity index (χ0) is 19.5. The molecule has 0 aliphatic rings. The Morgan fingerprint density at radius 1 is 1.11 bits per heavy atom. The number of fused-ring (bicyclic) bond motifs is 1. The normalized spacial score (nSPS) is 10.9. The van der Waals surface area contributed by atoms with E-state index in [1.54, 1.807) is 23.0 Å². The average Bonchev–Trinajstić information content (AvgIpc) is 3.16. The van der Waals surface area contributed by atoms with Crippen LogP contribution in [0.25, 0.3) is 5.65 Å². The van der Waals surface area contributed by atoms with Crippen molar-refractivity contribution in [3.8, 4) is 0 Å². The third kappa shape index (κ3) is 3.94. The van der Waals surface area contributed by atoms with Crippen LogP contribution >= 0.6 is 11.6 Å². The van der Waals surface area contributed by atoms with E-state index in [4.69, 9.17) is 16.3 Å². The van der Waals surface area contributed by atoms with E-state index >= 15 is 0 Å². The first-order valence-electron chi connectivity index (χ1n) is 8.50. The molecule has 0 spiro atoms. The number of benzene rings is 1. The third-order valence-corrected chi connectivity index (χ3v) is 4.31. The Balaban J connectivity index is 1.44. The second kappa shape index (κ2) is 7.66. The van der Waals surface area contributed by atoms with E-state index in [0.717, 1.165) is 5.56 Å². The molecular formula is C20H15ClN4O3. The summed E-state index contributed by atoms with van der Waals surface area (Å²) in [6, 6.07) is 14.4. The summed E-state index contributed by atoms with van der Waals surface area (Å²) in [4.78, 5) is 28.7. The monoisotopic (exact) mass is 394 g/mol. The molecule has 140 valence electrons. The van der Waals surface area contributed by atoms with Crippen LogP contribution in [0.15, 0.2) is 71.9 Å². The van der Waals surface area contributed by atoms with Gasteiger partial charge in [0.15, 0.2) is 0 Å². The van der Waals surface area contributed by atoms with Gasteiger partial charge in [-0.3, -0.25) is 13.9 Å². The van der Waals surface area contributed by atoms with Gasteiger partial charge in [0.05, 0.1) is 29.0 Å². The van der Waals surface area contributed by atoms with Crippen molar-refractivity contribution < 1.29 is 9.53 Å². The van der Waals surface area contributed by atoms with Crippen LogP contribution < -0.4 is 5.56 Å². The lowest BCUT2D eigenvalue weighted by Gasteiger charge is -2.05. The van der Waals surface area contributed by atoms with Crippen molar-refractivity contribution in [1.29, 1.82) is 0 Å². The van der Waals surface area contributed by atoms with Gasteiger partial charge in [-0.2, -0.15) is 5.10 Å². The van der Waals surface area contributed by atoms with Gasteiger partial charge in [-0.15, -0.1) is 0 Å². The summed E-state index contributed by atoms with van der Waals surface area (Å²) in [6.07, 6.45) is 4.57. The molecule has 0 unspecified atom stereocenters. The summed E-state index contributed by atoms with van der Waals surface area (Å²) in [5, 5.41) is 4.62. The molecule has 0 aliphatic carbocycles. The standard InChI is InChI=1S/C20H15ClN4O3/c21-16-6-7-18-23-17(8-19(26)25(18)12-16)13-28-20(27)15-9-22-24(11-15)10-14-4-2-1-3-5-14/h1-9,11-12H,10,13H2. The Labute approximate surface area is 164 Å². The van der Waals surface area contributed by atoms with Gasteiger partial charge in [-0.1, -0.05) is 41.9 Å². The smallest absolute Gasteiger partial charge is 0.341 e. The van der Waals surface area contributed by atoms with Crippen molar-refractivity contribution in [3.05, 3.63) is 99.3 Å². The van der Waals surface area contributed by atoms with Crippen molar-refractivity contribution >= 4 is 23.2 Å². The molecule has 0 bridgehead atoms. The molecule has 0 saturated carbocycles. The van der Waals surface area contributed by atoms with E-state index in [2.05, 4.69) is 10.1 Å². The van der Waals surface area contributed by atoms with Crippen molar-refractivity contribution in [2.45, 2.75) is 13.2 Å². The third-order valence-electron chi connectivity index (χ3n) is 4.08. The largest absolute Gasteiger partial charge is 0.455 e. The Bertz CT molecular complexity index is 1200. The molecule has 3 aromatic heterocycles. The van der Waals surface area contributed by atoms with Crippen LogP contribution in [0, 0.1) is 0 Å². The number of esters is 1. The molecule has 0 saturated heterocycles. The number of ether oxygens (including phenoxy) is 1. The van der Waals surface area contributed by atoms with Crippen LogP contribution in [0.4, 0.5) is 0 Å². The molecule has 4 rings (SSSR count). The van der Waals surface area contributed by atoms with E-state index in [0.29, 0.717) is 28.5 Å². The molecule has 0 amide bonds. The van der Waals surface area contributed by atoms with Gasteiger partial charge in [0.1, 0.15) is 12.3 Å². The lowest BCUT2D eigenvalue weighted by molar-refractivity contribution is 0.0467. The highest BCUT2D eigenvalue weighted by molar-refractivity contribution is 6.30. The molecule has 7 nitrogen and oxygen atoms in total. The number of carbonyl (C=O) groups is 1. The van der Waals surface area contributed by atoms with Gasteiger partial charge in [0.25, 0.3) is 5.56 Å². The molecule has 28 heavy (non-hydrogen) atoms. The van der Waals surface area contributed by atoms with Crippen LogP contribution in [-0.2, 0) is 17.9 Å². The second-order valence-electron chi connectivity index (χ2n) is 6.15. The highest BCUT2D eigenvalue weighted by Gasteiger charge is 2.12. The molecule has 0 aliphatic heterocycles. The van der Waals surface area contributed by atoms with Crippen LogP contribution in [0.5, 0.6) is 0 Å². The average molecular weight is 395 g/mol. The maximum Gasteiger partial charge on any atom is 0.341 e. The van der Waals surface area contributed by atoms with Crippen LogP contribution in [-0.4, -0.2) is 25.1 Å². The second-order valence-corrected chi connectivity index (χ2v) is 6.59. The fourth-order valence-electron chi connectivity index (χ4n) is 2.75. The SMILES string of the molecule is O=C(OCc1cc(=O)n2cc(Cl)ccc2n1)c1cnn(Cc2ccccc2)c1. The fraction of sp³-hybridized carbons (Fsp3) is 0.100. The van der Waals surface area contributed by atoms with Crippen molar-refractivity contribution in [3.63, 3.8) is 0 Å². The number of aromatic nitrogens is 4. The predicted molar refractivity (Wildman–Crippen MR) is 103 cm³/mol. The van der Waals surface area contributed by atoms with Crippen LogP contribution in [0.1, 0.15) is 21.6 Å². The summed E-state index contributed by atoms with van der Waals surface area (Å²) < 4.78 is 8.27. The fourth-order valence-corrected chi connectivity index (χ4v) is 2.91. The van der Waals surface area contributed by atoms with Gasteiger partial charge < -0.3 is 4.74 Å². The first kappa shape index (κ1) is 17.9. The van der Waals surface area contributed by atoms with Crippen LogP contribution in [0.2, 0.25) is 5.02 Å². The zero-order valence-corrected chi connectivity index (χ0v) is 15.4. The van der Waals surface area contributed by atoms with Crippen LogP contribution in [0.3, 0.4) is 0 Å². The molecule has 0 atom stereocenters. The maximum atomic E-state index is 12.3. The molecule has 3 heterocycles. The van der Waals surface area contributed by atoms with Crippen molar-refractivity contribution in [2.24, 2.45) is 0 Å². The molecule has 0 N–H and O–H groups in total. The number of nitrogens with zero attached hydrogens (tertiary/aromatic N) is 4. The first-order chi connectivity index (χ1) is 13.6. The number of halogens is 1. The summed E-state index contributed by atoms with van der Waals surface area (Å²) in [5.41, 5.74) is 1.90. The molecule has 8 heteroatoms. The summed E-state index contributed by atoms with van der Waals surface area (Å²) in [7, 11) is 0. The maximum absolute atomic E-state index is 12.3. The minimum absolute atomic E-state index is 0.114. The lowest BCUT2D eigenvalue weighted by atomic mass is 10.2. The highest BCUT2D eigenvalue weighted by Crippen LogP contribution is 2.10. The number of carbonyl (C=O) groups excluding carboxylic acids is 1. The lowest BCUT2D eigenvalue weighted by Crippen LogP contribution is -2.16. The molecule has 0 fully saturated rings. The van der Waals surface area contributed by atoms with Gasteiger partial charge in [-0.05, 0) is 17.7 Å². The van der Waals surface area contributed by atoms with Gasteiger partial charge in [0, 0.05) is 18.5 Å². The van der Waals surface area contributed by atoms with E-state index < -0.39 is 5.97 Å². The quantitative estimate of drug-likeness (QED) is 0.486. The van der Waals surface area contributed by atoms with Gasteiger partial charge in [-0.25, -0.2) is 9.78 Å². The van der Waals surface area contributed by atoms with Crippen molar-refractivity contribution in [1.82, 2.24) is 19.2 Å². The number of hydrogen-bond acceptors (Lipinski definition) is 5. The number of pyridine rings is 1. The highest BCUT2D eigenvalue weighted by atomic mass is 35.5. The zero-order valence-electron chi connectivity index (χ0n) is 14.7. The predicted octanol–water partition coefficient (Wildman–Crippen LogP) is 2.95.